The quantitative estimate of drug-likeness (QED) is 0.639. The van der Waals surface area contributed by atoms with Gasteiger partial charge in [0.25, 0.3) is 0 Å². The van der Waals surface area contributed by atoms with Crippen LogP contribution in [0.4, 0.5) is 0 Å². The predicted molar refractivity (Wildman–Crippen MR) is 60.6 cm³/mol. The number of amides is 1. The minimum absolute atomic E-state index is 0.362. The molecule has 2 aliphatic rings. The Morgan fingerprint density at radius 3 is 2.73 bits per heavy atom. The number of rotatable bonds is 5. The highest BCUT2D eigenvalue weighted by atomic mass is 16.2. The van der Waals surface area contributed by atoms with Crippen LogP contribution in [0.2, 0.25) is 0 Å². The van der Waals surface area contributed by atoms with Gasteiger partial charge in [-0.1, -0.05) is 13.8 Å². The Balaban J connectivity index is 1.58. The molecule has 2 atom stereocenters. The van der Waals surface area contributed by atoms with E-state index in [1.165, 1.54) is 13.1 Å². The van der Waals surface area contributed by atoms with E-state index in [2.05, 4.69) is 18.7 Å². The van der Waals surface area contributed by atoms with Crippen LogP contribution < -0.4 is 0 Å². The average molecular weight is 210 g/mol. The lowest BCUT2D eigenvalue weighted by Gasteiger charge is -2.15. The van der Waals surface area contributed by atoms with Crippen LogP contribution in [0.3, 0.4) is 0 Å². The standard InChI is InChI=1S/C12H22N2O/c1-10(2)11-9-14(11)8-4-7-13-6-3-5-12(13)15/h10-11H,3-9H2,1-2H3. The van der Waals surface area contributed by atoms with Crippen LogP contribution in [-0.2, 0) is 4.79 Å². The SMILES string of the molecule is CC(C)C1CN1CCCN1CCCC1=O. The van der Waals surface area contributed by atoms with Crippen molar-refractivity contribution in [2.24, 2.45) is 5.92 Å². The first-order valence-electron chi connectivity index (χ1n) is 6.20. The number of carbonyl (C=O) groups is 1. The van der Waals surface area contributed by atoms with Gasteiger partial charge in [-0.15, -0.1) is 0 Å². The summed E-state index contributed by atoms with van der Waals surface area (Å²) in [4.78, 5) is 15.9. The van der Waals surface area contributed by atoms with Gasteiger partial charge in [-0.05, 0) is 18.8 Å². The van der Waals surface area contributed by atoms with Gasteiger partial charge in [0.05, 0.1) is 0 Å². The summed E-state index contributed by atoms with van der Waals surface area (Å²) in [5.41, 5.74) is 0. The Morgan fingerprint density at radius 1 is 1.40 bits per heavy atom. The van der Waals surface area contributed by atoms with Crippen molar-refractivity contribution >= 4 is 5.91 Å². The van der Waals surface area contributed by atoms with Crippen LogP contribution in [0.15, 0.2) is 0 Å². The number of hydrogen-bond acceptors (Lipinski definition) is 2. The molecule has 86 valence electrons. The normalized spacial score (nSPS) is 30.3. The highest BCUT2D eigenvalue weighted by molar-refractivity contribution is 5.77. The van der Waals surface area contributed by atoms with Gasteiger partial charge >= 0.3 is 0 Å². The maximum Gasteiger partial charge on any atom is 0.222 e. The van der Waals surface area contributed by atoms with E-state index in [9.17, 15) is 4.79 Å². The molecule has 2 rings (SSSR count). The van der Waals surface area contributed by atoms with E-state index < -0.39 is 0 Å². The summed E-state index contributed by atoms with van der Waals surface area (Å²) in [6.07, 6.45) is 2.99. The van der Waals surface area contributed by atoms with E-state index >= 15 is 0 Å². The second-order valence-corrected chi connectivity index (χ2v) is 5.14. The molecule has 15 heavy (non-hydrogen) atoms. The van der Waals surface area contributed by atoms with E-state index in [-0.39, 0.29) is 0 Å². The Labute approximate surface area is 92.4 Å². The number of carbonyl (C=O) groups excluding carboxylic acids is 1. The zero-order valence-corrected chi connectivity index (χ0v) is 9.91. The molecule has 0 bridgehead atoms. The summed E-state index contributed by atoms with van der Waals surface area (Å²) in [6.45, 7) is 8.98. The summed E-state index contributed by atoms with van der Waals surface area (Å²) >= 11 is 0. The lowest BCUT2D eigenvalue weighted by Crippen LogP contribution is -2.27. The molecule has 2 fully saturated rings. The molecule has 2 aliphatic heterocycles. The molecule has 0 aliphatic carbocycles. The topological polar surface area (TPSA) is 23.3 Å². The van der Waals surface area contributed by atoms with Crippen LogP contribution in [0.1, 0.15) is 33.1 Å². The summed E-state index contributed by atoms with van der Waals surface area (Å²) in [5.74, 6) is 1.15. The third kappa shape index (κ3) is 2.71. The van der Waals surface area contributed by atoms with Crippen molar-refractivity contribution < 1.29 is 4.79 Å². The van der Waals surface area contributed by atoms with Crippen molar-refractivity contribution in [2.75, 3.05) is 26.2 Å². The molecule has 2 heterocycles. The molecule has 0 radical (unpaired) electrons. The van der Waals surface area contributed by atoms with Gasteiger partial charge in [0.1, 0.15) is 0 Å². The van der Waals surface area contributed by atoms with Crippen LogP contribution >= 0.6 is 0 Å². The fraction of sp³-hybridized carbons (Fsp3) is 0.917. The molecule has 0 aromatic carbocycles. The van der Waals surface area contributed by atoms with Crippen molar-refractivity contribution in [2.45, 2.75) is 39.2 Å². The Bertz CT molecular complexity index is 240. The molecule has 0 aromatic rings. The number of likely N-dealkylation sites (tertiary alicyclic amines) is 1. The summed E-state index contributed by atoms with van der Waals surface area (Å²) < 4.78 is 0. The van der Waals surface area contributed by atoms with Gasteiger partial charge in [0.15, 0.2) is 0 Å². The molecular weight excluding hydrogens is 188 g/mol. The molecule has 1 amide bonds. The van der Waals surface area contributed by atoms with E-state index in [0.717, 1.165) is 44.3 Å². The highest BCUT2D eigenvalue weighted by Gasteiger charge is 2.35. The van der Waals surface area contributed by atoms with Crippen molar-refractivity contribution in [3.05, 3.63) is 0 Å². The molecule has 3 nitrogen and oxygen atoms in total. The molecular formula is C12H22N2O. The van der Waals surface area contributed by atoms with E-state index in [0.29, 0.717) is 5.91 Å². The fourth-order valence-electron chi connectivity index (χ4n) is 2.49. The van der Waals surface area contributed by atoms with Crippen molar-refractivity contribution in [3.8, 4) is 0 Å². The van der Waals surface area contributed by atoms with Crippen LogP contribution in [-0.4, -0.2) is 47.9 Å². The maximum absolute atomic E-state index is 11.4. The van der Waals surface area contributed by atoms with Crippen molar-refractivity contribution in [3.63, 3.8) is 0 Å². The highest BCUT2D eigenvalue weighted by Crippen LogP contribution is 2.25. The second kappa shape index (κ2) is 4.52. The molecule has 3 heteroatoms. The maximum atomic E-state index is 11.4. The number of nitrogens with zero attached hydrogens (tertiary/aromatic N) is 2. The minimum atomic E-state index is 0.362. The van der Waals surface area contributed by atoms with Gasteiger partial charge in [0, 0.05) is 38.6 Å². The van der Waals surface area contributed by atoms with Gasteiger partial charge in [-0.3, -0.25) is 9.69 Å². The van der Waals surface area contributed by atoms with Gasteiger partial charge in [-0.25, -0.2) is 0 Å². The molecule has 0 spiro atoms. The summed E-state index contributed by atoms with van der Waals surface area (Å²) in [6, 6.07) is 0.819. The van der Waals surface area contributed by atoms with Gasteiger partial charge in [0.2, 0.25) is 5.91 Å². The Kier molecular flexibility index (Phi) is 3.29. The second-order valence-electron chi connectivity index (χ2n) is 5.14. The first kappa shape index (κ1) is 10.9. The van der Waals surface area contributed by atoms with Crippen LogP contribution in [0.5, 0.6) is 0 Å². The monoisotopic (exact) mass is 210 g/mol. The Hall–Kier alpha value is -0.570. The van der Waals surface area contributed by atoms with Gasteiger partial charge < -0.3 is 4.90 Å². The van der Waals surface area contributed by atoms with E-state index in [4.69, 9.17) is 0 Å². The molecule has 0 saturated carbocycles. The zero-order chi connectivity index (χ0) is 10.8. The molecule has 2 unspecified atom stereocenters. The average Bonchev–Trinajstić information content (AvgIpc) is 2.85. The van der Waals surface area contributed by atoms with Crippen LogP contribution in [0.25, 0.3) is 0 Å². The first-order chi connectivity index (χ1) is 7.18. The molecule has 0 aromatic heterocycles. The third-order valence-electron chi connectivity index (χ3n) is 3.57. The first-order valence-corrected chi connectivity index (χ1v) is 6.20. The third-order valence-corrected chi connectivity index (χ3v) is 3.57. The minimum Gasteiger partial charge on any atom is -0.343 e. The Morgan fingerprint density at radius 2 is 2.20 bits per heavy atom. The van der Waals surface area contributed by atoms with Crippen molar-refractivity contribution in [1.82, 2.24) is 9.80 Å². The van der Waals surface area contributed by atoms with Gasteiger partial charge in [-0.2, -0.15) is 0 Å². The smallest absolute Gasteiger partial charge is 0.222 e. The lowest BCUT2D eigenvalue weighted by molar-refractivity contribution is -0.127. The molecule has 2 saturated heterocycles. The largest absolute Gasteiger partial charge is 0.343 e. The summed E-state index contributed by atoms with van der Waals surface area (Å²) in [7, 11) is 0. The lowest BCUT2D eigenvalue weighted by atomic mass is 10.1. The van der Waals surface area contributed by atoms with Crippen molar-refractivity contribution in [1.29, 1.82) is 0 Å². The number of hydrogen-bond donors (Lipinski definition) is 0. The van der Waals surface area contributed by atoms with E-state index in [1.54, 1.807) is 0 Å². The predicted octanol–water partition coefficient (Wildman–Crippen LogP) is 1.34. The van der Waals surface area contributed by atoms with Crippen LogP contribution in [0, 0.1) is 5.92 Å². The molecule has 0 N–H and O–H groups in total. The fourth-order valence-corrected chi connectivity index (χ4v) is 2.49. The van der Waals surface area contributed by atoms with E-state index in [1.807, 2.05) is 4.90 Å². The summed E-state index contributed by atoms with van der Waals surface area (Å²) in [5, 5.41) is 0. The zero-order valence-electron chi connectivity index (χ0n) is 9.91.